The Hall–Kier alpha value is -4.17. The summed E-state index contributed by atoms with van der Waals surface area (Å²) in [6, 6.07) is 10.8. The maximum atomic E-state index is 14.5. The Kier molecular flexibility index (Phi) is 5.85. The molecule has 0 bridgehead atoms. The zero-order valence-electron chi connectivity index (χ0n) is 17.0. The molecule has 7 nitrogen and oxygen atoms in total. The van der Waals surface area contributed by atoms with E-state index in [1.807, 2.05) is 6.07 Å². The molecule has 0 amide bonds. The molecule has 0 aliphatic carbocycles. The highest BCUT2D eigenvalue weighted by atomic mass is 35.5. The number of nitriles is 1. The second-order valence-electron chi connectivity index (χ2n) is 6.80. The Morgan fingerprint density at radius 1 is 1.24 bits per heavy atom. The van der Waals surface area contributed by atoms with E-state index in [1.165, 1.54) is 36.4 Å². The van der Waals surface area contributed by atoms with Crippen LogP contribution in [0.2, 0.25) is 5.02 Å². The van der Waals surface area contributed by atoms with Crippen molar-refractivity contribution in [2.75, 3.05) is 7.11 Å². The molecule has 0 radical (unpaired) electrons. The third-order valence-corrected chi connectivity index (χ3v) is 5.10. The summed E-state index contributed by atoms with van der Waals surface area (Å²) in [4.78, 5) is 12.6. The fraction of sp³-hybridized carbons (Fsp3) is 0.0909. The number of aromatic nitrogens is 3. The predicted octanol–water partition coefficient (Wildman–Crippen LogP) is 5.66. The number of benzene rings is 2. The minimum absolute atomic E-state index is 0.0610. The maximum absolute atomic E-state index is 14.5. The van der Waals surface area contributed by atoms with Gasteiger partial charge >= 0.3 is 12.1 Å². The highest BCUT2D eigenvalue weighted by Gasteiger charge is 2.42. The third-order valence-electron chi connectivity index (χ3n) is 4.78. The number of carbonyl (C=O) groups is 1. The summed E-state index contributed by atoms with van der Waals surface area (Å²) in [5, 5.41) is 16.4. The second-order valence-corrected chi connectivity index (χ2v) is 7.21. The largest absolute Gasteiger partial charge is 0.465 e. The van der Waals surface area contributed by atoms with Gasteiger partial charge in [0.2, 0.25) is 0 Å². The van der Waals surface area contributed by atoms with E-state index in [0.29, 0.717) is 4.68 Å². The van der Waals surface area contributed by atoms with Crippen LogP contribution >= 0.6 is 11.6 Å². The van der Waals surface area contributed by atoms with E-state index in [0.717, 1.165) is 19.4 Å². The van der Waals surface area contributed by atoms with Crippen LogP contribution in [-0.4, -0.2) is 28.0 Å². The molecule has 0 N–H and O–H groups in total. The lowest BCUT2D eigenvalue weighted by Crippen LogP contribution is -2.15. The minimum atomic E-state index is -4.98. The van der Waals surface area contributed by atoms with E-state index in [9.17, 15) is 22.4 Å². The van der Waals surface area contributed by atoms with E-state index in [2.05, 4.69) is 10.3 Å². The molecule has 0 aliphatic rings. The van der Waals surface area contributed by atoms with Gasteiger partial charge in [0.05, 0.1) is 46.8 Å². The van der Waals surface area contributed by atoms with Gasteiger partial charge < -0.3 is 9.26 Å². The van der Waals surface area contributed by atoms with Gasteiger partial charge in [-0.25, -0.2) is 13.9 Å². The van der Waals surface area contributed by atoms with Crippen molar-refractivity contribution >= 4 is 17.6 Å². The molecule has 172 valence electrons. The third kappa shape index (κ3) is 3.88. The number of hydrogen-bond acceptors (Lipinski definition) is 6. The number of rotatable bonds is 4. The first kappa shape index (κ1) is 23.0. The van der Waals surface area contributed by atoms with Gasteiger partial charge in [0.15, 0.2) is 11.5 Å². The van der Waals surface area contributed by atoms with Gasteiger partial charge in [-0.05, 0) is 30.3 Å². The lowest BCUT2D eigenvalue weighted by molar-refractivity contribution is -0.142. The lowest BCUT2D eigenvalue weighted by Gasteiger charge is -2.12. The number of nitrogens with zero attached hydrogens (tertiary/aromatic N) is 4. The molecule has 0 fully saturated rings. The SMILES string of the molecule is COC(=O)c1c(-c2c(F)cccc2Cl)noc1-c1cnn(-c2cccc(C#N)c2)c1C(F)(F)F. The second kappa shape index (κ2) is 8.64. The minimum Gasteiger partial charge on any atom is -0.465 e. The molecular weight excluding hydrogens is 480 g/mol. The molecule has 0 spiro atoms. The number of carbonyl (C=O) groups excluding carboxylic acids is 1. The number of hydrogen-bond donors (Lipinski definition) is 0. The van der Waals surface area contributed by atoms with Crippen LogP contribution in [0.25, 0.3) is 28.3 Å². The van der Waals surface area contributed by atoms with E-state index < -0.39 is 46.2 Å². The van der Waals surface area contributed by atoms with Crippen LogP contribution in [0.5, 0.6) is 0 Å². The average molecular weight is 491 g/mol. The average Bonchev–Trinajstić information content (AvgIpc) is 3.43. The standard InChI is InChI=1S/C22H11ClF4N4O3/c1-33-21(32)17-18(16-14(23)6-3-7-15(16)24)30-34-19(17)13-10-29-31(20(13)22(25,26)27)12-5-2-4-11(8-12)9-28/h2-8,10H,1H3. The van der Waals surface area contributed by atoms with Crippen LogP contribution in [0.4, 0.5) is 17.6 Å². The number of esters is 1. The molecule has 4 rings (SSSR count). The monoisotopic (exact) mass is 490 g/mol. The van der Waals surface area contributed by atoms with Crippen molar-refractivity contribution in [3.63, 3.8) is 0 Å². The van der Waals surface area contributed by atoms with Gasteiger partial charge in [0.1, 0.15) is 17.1 Å². The summed E-state index contributed by atoms with van der Waals surface area (Å²) < 4.78 is 67.4. The summed E-state index contributed by atoms with van der Waals surface area (Å²) in [7, 11) is 0.993. The predicted molar refractivity (Wildman–Crippen MR) is 111 cm³/mol. The molecule has 0 atom stereocenters. The summed E-state index contributed by atoms with van der Waals surface area (Å²) in [6.07, 6.45) is -4.16. The highest BCUT2D eigenvalue weighted by Crippen LogP contribution is 2.43. The summed E-state index contributed by atoms with van der Waals surface area (Å²) in [5.74, 6) is -2.65. The van der Waals surface area contributed by atoms with Crippen LogP contribution in [-0.2, 0) is 10.9 Å². The van der Waals surface area contributed by atoms with Crippen LogP contribution in [0.1, 0.15) is 21.6 Å². The first-order valence-corrected chi connectivity index (χ1v) is 9.73. The van der Waals surface area contributed by atoms with Gasteiger partial charge in [-0.3, -0.25) is 0 Å². The van der Waals surface area contributed by atoms with Crippen molar-refractivity contribution < 1.29 is 31.6 Å². The lowest BCUT2D eigenvalue weighted by atomic mass is 10.0. The Morgan fingerprint density at radius 3 is 2.62 bits per heavy atom. The molecule has 0 aliphatic heterocycles. The van der Waals surface area contributed by atoms with Gasteiger partial charge in [-0.2, -0.15) is 23.5 Å². The highest BCUT2D eigenvalue weighted by molar-refractivity contribution is 6.33. The zero-order chi connectivity index (χ0) is 24.6. The number of alkyl halides is 3. The zero-order valence-corrected chi connectivity index (χ0v) is 17.8. The van der Waals surface area contributed by atoms with Crippen LogP contribution < -0.4 is 0 Å². The van der Waals surface area contributed by atoms with Crippen molar-refractivity contribution in [2.45, 2.75) is 6.18 Å². The smallest absolute Gasteiger partial charge is 0.434 e. The van der Waals surface area contributed by atoms with Crippen molar-refractivity contribution in [3.05, 3.63) is 76.3 Å². The summed E-state index contributed by atoms with van der Waals surface area (Å²) in [5.41, 5.74) is -3.26. The molecule has 2 heterocycles. The molecule has 2 aromatic heterocycles. The van der Waals surface area contributed by atoms with Gasteiger partial charge in [-0.1, -0.05) is 28.9 Å². The van der Waals surface area contributed by atoms with Gasteiger partial charge in [-0.15, -0.1) is 0 Å². The topological polar surface area (TPSA) is 93.9 Å². The molecule has 4 aromatic rings. The number of methoxy groups -OCH3 is 1. The van der Waals surface area contributed by atoms with Crippen molar-refractivity contribution in [1.29, 1.82) is 5.26 Å². The fourth-order valence-corrected chi connectivity index (χ4v) is 3.60. The van der Waals surface area contributed by atoms with Gasteiger partial charge in [0.25, 0.3) is 0 Å². The van der Waals surface area contributed by atoms with E-state index >= 15 is 0 Å². The number of halogens is 5. The van der Waals surface area contributed by atoms with Crippen molar-refractivity contribution in [1.82, 2.24) is 14.9 Å². The summed E-state index contributed by atoms with van der Waals surface area (Å²) in [6.45, 7) is 0. The molecule has 34 heavy (non-hydrogen) atoms. The molecule has 2 aromatic carbocycles. The fourth-order valence-electron chi connectivity index (χ4n) is 3.35. The van der Waals surface area contributed by atoms with Crippen molar-refractivity contribution in [2.24, 2.45) is 0 Å². The normalized spacial score (nSPS) is 11.3. The van der Waals surface area contributed by atoms with E-state index in [4.69, 9.17) is 26.1 Å². The molecular formula is C22H11ClF4N4O3. The Balaban J connectivity index is 2.01. The molecule has 12 heteroatoms. The van der Waals surface area contributed by atoms with E-state index in [-0.39, 0.29) is 21.8 Å². The van der Waals surface area contributed by atoms with Crippen LogP contribution in [0.15, 0.2) is 53.2 Å². The quantitative estimate of drug-likeness (QED) is 0.270. The Labute approximate surface area is 193 Å². The van der Waals surface area contributed by atoms with Crippen LogP contribution in [0.3, 0.4) is 0 Å². The van der Waals surface area contributed by atoms with Crippen LogP contribution in [0, 0.1) is 17.1 Å². The molecule has 0 unspecified atom stereocenters. The summed E-state index contributed by atoms with van der Waals surface area (Å²) >= 11 is 6.06. The van der Waals surface area contributed by atoms with Crippen molar-refractivity contribution in [3.8, 4) is 34.3 Å². The first-order chi connectivity index (χ1) is 16.2. The molecule has 0 saturated carbocycles. The van der Waals surface area contributed by atoms with E-state index in [1.54, 1.807) is 0 Å². The number of ether oxygens (including phenoxy) is 1. The maximum Gasteiger partial charge on any atom is 0.434 e. The first-order valence-electron chi connectivity index (χ1n) is 9.35. The molecule has 0 saturated heterocycles. The Morgan fingerprint density at radius 2 is 1.97 bits per heavy atom. The van der Waals surface area contributed by atoms with Gasteiger partial charge in [0, 0.05) is 0 Å². The Bertz CT molecular complexity index is 1430.